The van der Waals surface area contributed by atoms with Gasteiger partial charge < -0.3 is 9.64 Å². The Morgan fingerprint density at radius 1 is 1.03 bits per heavy atom. The number of benzene rings is 3. The van der Waals surface area contributed by atoms with Crippen molar-refractivity contribution in [1.29, 1.82) is 0 Å². The minimum Gasteiger partial charge on any atom is -0.383 e. The van der Waals surface area contributed by atoms with E-state index >= 15 is 0 Å². The third-order valence-electron chi connectivity index (χ3n) is 6.37. The third-order valence-corrected chi connectivity index (χ3v) is 6.37. The number of fused-ring (bicyclic) bond motifs is 1. The molecule has 0 aliphatic rings. The van der Waals surface area contributed by atoms with Crippen LogP contribution in [-0.2, 0) is 17.5 Å². The minimum absolute atomic E-state index is 0.0954. The SMILES string of the molecule is CCC(c1nc2ccccc2c(=O)n1Cc1ccccc1)N(CCOC)C(=O)c1cccc(C(F)(F)F)c1. The summed E-state index contributed by atoms with van der Waals surface area (Å²) < 4.78 is 46.9. The summed E-state index contributed by atoms with van der Waals surface area (Å²) >= 11 is 0. The van der Waals surface area contributed by atoms with Crippen molar-refractivity contribution in [2.24, 2.45) is 0 Å². The number of carbonyl (C=O) groups is 1. The van der Waals surface area contributed by atoms with Gasteiger partial charge in [0.2, 0.25) is 0 Å². The van der Waals surface area contributed by atoms with Crippen LogP contribution in [-0.4, -0.2) is 40.6 Å². The van der Waals surface area contributed by atoms with Gasteiger partial charge in [0.25, 0.3) is 11.5 Å². The van der Waals surface area contributed by atoms with E-state index in [1.807, 2.05) is 37.3 Å². The Balaban J connectivity index is 1.86. The number of aromatic nitrogens is 2. The molecule has 38 heavy (non-hydrogen) atoms. The first-order valence-electron chi connectivity index (χ1n) is 12.2. The van der Waals surface area contributed by atoms with Crippen LogP contribution in [0.2, 0.25) is 0 Å². The van der Waals surface area contributed by atoms with Crippen molar-refractivity contribution >= 4 is 16.8 Å². The number of hydrogen-bond acceptors (Lipinski definition) is 4. The monoisotopic (exact) mass is 523 g/mol. The number of methoxy groups -OCH3 is 1. The lowest BCUT2D eigenvalue weighted by atomic mass is 10.1. The molecule has 9 heteroatoms. The number of halogens is 3. The van der Waals surface area contributed by atoms with E-state index in [2.05, 4.69) is 0 Å². The van der Waals surface area contributed by atoms with Crippen molar-refractivity contribution in [1.82, 2.24) is 14.5 Å². The second-order valence-electron chi connectivity index (χ2n) is 8.86. The molecule has 1 heterocycles. The average molecular weight is 524 g/mol. The number of ether oxygens (including phenoxy) is 1. The molecule has 1 aromatic heterocycles. The summed E-state index contributed by atoms with van der Waals surface area (Å²) in [4.78, 5) is 33.6. The van der Waals surface area contributed by atoms with Gasteiger partial charge in [-0.1, -0.05) is 55.5 Å². The third kappa shape index (κ3) is 5.78. The zero-order valence-corrected chi connectivity index (χ0v) is 21.1. The first-order chi connectivity index (χ1) is 18.2. The number of rotatable bonds is 9. The number of nitrogens with zero attached hydrogens (tertiary/aromatic N) is 3. The van der Waals surface area contributed by atoms with Gasteiger partial charge in [-0.25, -0.2) is 4.98 Å². The van der Waals surface area contributed by atoms with E-state index < -0.39 is 23.7 Å². The van der Waals surface area contributed by atoms with E-state index in [9.17, 15) is 22.8 Å². The lowest BCUT2D eigenvalue weighted by molar-refractivity contribution is -0.137. The maximum absolute atomic E-state index is 13.7. The zero-order valence-electron chi connectivity index (χ0n) is 21.1. The fraction of sp³-hybridized carbons (Fsp3) is 0.276. The van der Waals surface area contributed by atoms with Gasteiger partial charge in [-0.05, 0) is 42.3 Å². The number of hydrogen-bond donors (Lipinski definition) is 0. The van der Waals surface area contributed by atoms with Crippen LogP contribution in [0.5, 0.6) is 0 Å². The number of para-hydroxylation sites is 1. The van der Waals surface area contributed by atoms with Crippen LogP contribution >= 0.6 is 0 Å². The van der Waals surface area contributed by atoms with Crippen LogP contribution in [0.1, 0.15) is 46.7 Å². The summed E-state index contributed by atoms with van der Waals surface area (Å²) in [5.41, 5.74) is 0.0787. The van der Waals surface area contributed by atoms with Crippen LogP contribution in [0.4, 0.5) is 13.2 Å². The normalized spacial score (nSPS) is 12.4. The van der Waals surface area contributed by atoms with Crippen LogP contribution < -0.4 is 5.56 Å². The highest BCUT2D eigenvalue weighted by Crippen LogP contribution is 2.31. The van der Waals surface area contributed by atoms with Crippen molar-refractivity contribution in [3.63, 3.8) is 0 Å². The lowest BCUT2D eigenvalue weighted by Gasteiger charge is -2.32. The molecule has 0 aliphatic heterocycles. The molecule has 1 amide bonds. The van der Waals surface area contributed by atoms with Gasteiger partial charge in [0.1, 0.15) is 5.82 Å². The fourth-order valence-corrected chi connectivity index (χ4v) is 4.48. The molecule has 4 aromatic rings. The molecule has 3 aromatic carbocycles. The lowest BCUT2D eigenvalue weighted by Crippen LogP contribution is -2.40. The summed E-state index contributed by atoms with van der Waals surface area (Å²) in [5, 5.41) is 0.440. The average Bonchev–Trinajstić information content (AvgIpc) is 2.92. The molecular weight excluding hydrogens is 495 g/mol. The van der Waals surface area contributed by atoms with E-state index in [1.165, 1.54) is 24.1 Å². The van der Waals surface area contributed by atoms with Gasteiger partial charge in [-0.3, -0.25) is 14.2 Å². The summed E-state index contributed by atoms with van der Waals surface area (Å²) in [5.74, 6) is -0.245. The minimum atomic E-state index is -4.59. The highest BCUT2D eigenvalue weighted by Gasteiger charge is 2.33. The topological polar surface area (TPSA) is 64.4 Å². The predicted octanol–water partition coefficient (Wildman–Crippen LogP) is 5.70. The second-order valence-corrected chi connectivity index (χ2v) is 8.86. The van der Waals surface area contributed by atoms with Crippen molar-refractivity contribution in [3.8, 4) is 0 Å². The molecule has 0 spiro atoms. The molecule has 4 rings (SSSR count). The maximum atomic E-state index is 13.7. The van der Waals surface area contributed by atoms with E-state index in [0.717, 1.165) is 17.7 Å². The highest BCUT2D eigenvalue weighted by molar-refractivity contribution is 5.94. The van der Waals surface area contributed by atoms with E-state index in [-0.39, 0.29) is 30.8 Å². The van der Waals surface area contributed by atoms with Crippen LogP contribution in [0, 0.1) is 0 Å². The summed E-state index contributed by atoms with van der Waals surface area (Å²) in [6.45, 7) is 2.31. The first kappa shape index (κ1) is 27.1. The number of amides is 1. The van der Waals surface area contributed by atoms with Gasteiger partial charge in [-0.2, -0.15) is 13.2 Å². The Morgan fingerprint density at radius 2 is 1.74 bits per heavy atom. The standard InChI is InChI=1S/C29H28F3N3O3/c1-3-25(34(16-17-38-2)27(36)21-12-9-13-22(18-21)29(30,31)32)26-33-24-15-8-7-14-23(24)28(37)35(26)19-20-10-5-4-6-11-20/h4-15,18,25H,3,16-17,19H2,1-2H3. The highest BCUT2D eigenvalue weighted by atomic mass is 19.4. The molecular formula is C29H28F3N3O3. The van der Waals surface area contributed by atoms with Crippen molar-refractivity contribution in [3.05, 3.63) is 112 Å². The predicted molar refractivity (Wildman–Crippen MR) is 139 cm³/mol. The molecule has 0 aliphatic carbocycles. The van der Waals surface area contributed by atoms with Crippen LogP contribution in [0.15, 0.2) is 83.7 Å². The Morgan fingerprint density at radius 3 is 2.42 bits per heavy atom. The van der Waals surface area contributed by atoms with E-state index in [4.69, 9.17) is 9.72 Å². The molecule has 0 bridgehead atoms. The first-order valence-corrected chi connectivity index (χ1v) is 12.2. The van der Waals surface area contributed by atoms with Crippen molar-refractivity contribution < 1.29 is 22.7 Å². The fourth-order valence-electron chi connectivity index (χ4n) is 4.48. The summed E-state index contributed by atoms with van der Waals surface area (Å²) in [6.07, 6.45) is -4.22. The number of alkyl halides is 3. The van der Waals surface area contributed by atoms with E-state index in [1.54, 1.807) is 28.8 Å². The Bertz CT molecular complexity index is 1470. The van der Waals surface area contributed by atoms with Crippen LogP contribution in [0.25, 0.3) is 10.9 Å². The van der Waals surface area contributed by atoms with Gasteiger partial charge in [0.15, 0.2) is 0 Å². The van der Waals surface area contributed by atoms with E-state index in [0.29, 0.717) is 23.1 Å². The van der Waals surface area contributed by atoms with Gasteiger partial charge >= 0.3 is 6.18 Å². The Labute approximate surface area is 218 Å². The molecule has 0 saturated carbocycles. The molecule has 1 unspecified atom stereocenters. The maximum Gasteiger partial charge on any atom is 0.416 e. The molecule has 0 saturated heterocycles. The largest absolute Gasteiger partial charge is 0.416 e. The zero-order chi connectivity index (χ0) is 27.3. The number of carbonyl (C=O) groups excluding carboxylic acids is 1. The van der Waals surface area contributed by atoms with Crippen LogP contribution in [0.3, 0.4) is 0 Å². The smallest absolute Gasteiger partial charge is 0.383 e. The molecule has 198 valence electrons. The summed E-state index contributed by atoms with van der Waals surface area (Å²) in [7, 11) is 1.48. The van der Waals surface area contributed by atoms with Crippen molar-refractivity contribution in [2.75, 3.05) is 20.3 Å². The second kappa shape index (κ2) is 11.6. The molecule has 0 fully saturated rings. The molecule has 6 nitrogen and oxygen atoms in total. The van der Waals surface area contributed by atoms with Gasteiger partial charge in [0, 0.05) is 19.2 Å². The van der Waals surface area contributed by atoms with Crippen molar-refractivity contribution in [2.45, 2.75) is 32.1 Å². The molecule has 0 N–H and O–H groups in total. The Kier molecular flexibility index (Phi) is 8.26. The summed E-state index contributed by atoms with van der Waals surface area (Å²) in [6, 6.07) is 20.0. The van der Waals surface area contributed by atoms with Gasteiger partial charge in [0.05, 0.1) is 35.7 Å². The van der Waals surface area contributed by atoms with Gasteiger partial charge in [-0.15, -0.1) is 0 Å². The Hall–Kier alpha value is -3.98. The molecule has 1 atom stereocenters. The molecule has 0 radical (unpaired) electrons. The quantitative estimate of drug-likeness (QED) is 0.282.